The first kappa shape index (κ1) is 12.4. The lowest BCUT2D eigenvalue weighted by molar-refractivity contribution is 0.981. The molecule has 0 saturated heterocycles. The van der Waals surface area contributed by atoms with Gasteiger partial charge in [-0.2, -0.15) is 5.10 Å². The third kappa shape index (κ3) is 2.26. The second kappa shape index (κ2) is 5.13. The third-order valence-electron chi connectivity index (χ3n) is 3.27. The third-order valence-corrected chi connectivity index (χ3v) is 3.27. The fourth-order valence-corrected chi connectivity index (χ4v) is 2.33. The second-order valence-electron chi connectivity index (χ2n) is 4.68. The van der Waals surface area contributed by atoms with Crippen molar-refractivity contribution in [2.45, 2.75) is 6.92 Å². The van der Waals surface area contributed by atoms with Gasteiger partial charge in [-0.05, 0) is 23.6 Å². The Labute approximate surface area is 116 Å². The predicted molar refractivity (Wildman–Crippen MR) is 80.5 cm³/mol. The first-order chi connectivity index (χ1) is 9.75. The number of hydrogen-bond donors (Lipinski definition) is 1. The molecule has 1 aromatic heterocycles. The number of hydrogen-bond acceptors (Lipinski definition) is 2. The molecule has 3 nitrogen and oxygen atoms in total. The van der Waals surface area contributed by atoms with E-state index in [1.54, 1.807) is 6.07 Å². The van der Waals surface area contributed by atoms with Gasteiger partial charge in [0.15, 0.2) is 0 Å². The van der Waals surface area contributed by atoms with Crippen molar-refractivity contribution in [1.29, 1.82) is 0 Å². The molecule has 0 unspecified atom stereocenters. The van der Waals surface area contributed by atoms with Gasteiger partial charge in [0.2, 0.25) is 0 Å². The fraction of sp³-hybridized carbons (Fsp3) is 0.0588. The Kier molecular flexibility index (Phi) is 3.17. The maximum Gasteiger partial charge on any atom is 0.264 e. The van der Waals surface area contributed by atoms with Crippen molar-refractivity contribution in [3.63, 3.8) is 0 Å². The van der Waals surface area contributed by atoms with E-state index in [-0.39, 0.29) is 5.56 Å². The molecule has 3 rings (SSSR count). The molecule has 0 saturated carbocycles. The average Bonchev–Trinajstić information content (AvgIpc) is 2.48. The molecular formula is C17H14N2O. The number of aromatic amines is 1. The zero-order valence-electron chi connectivity index (χ0n) is 11.1. The quantitative estimate of drug-likeness (QED) is 0.769. The largest absolute Gasteiger partial charge is 0.268 e. The van der Waals surface area contributed by atoms with Crippen LogP contribution < -0.4 is 5.56 Å². The minimum absolute atomic E-state index is 0.177. The molecule has 0 atom stereocenters. The molecule has 0 spiro atoms. The number of aryl methyl sites for hydroxylation is 1. The fourth-order valence-electron chi connectivity index (χ4n) is 2.33. The maximum absolute atomic E-state index is 11.3. The molecule has 0 radical (unpaired) electrons. The number of benzene rings is 2. The van der Waals surface area contributed by atoms with Gasteiger partial charge in [-0.15, -0.1) is 0 Å². The molecule has 0 fully saturated rings. The van der Waals surface area contributed by atoms with Crippen molar-refractivity contribution in [2.75, 3.05) is 0 Å². The summed E-state index contributed by atoms with van der Waals surface area (Å²) in [5, 5.41) is 6.71. The van der Waals surface area contributed by atoms with Crippen molar-refractivity contribution in [1.82, 2.24) is 10.2 Å². The molecule has 3 aromatic rings. The van der Waals surface area contributed by atoms with Crippen molar-refractivity contribution < 1.29 is 0 Å². The minimum atomic E-state index is -0.177. The number of aromatic nitrogens is 2. The summed E-state index contributed by atoms with van der Waals surface area (Å²) >= 11 is 0. The molecular weight excluding hydrogens is 248 g/mol. The molecule has 0 bridgehead atoms. The molecule has 0 aliphatic carbocycles. The van der Waals surface area contributed by atoms with E-state index in [4.69, 9.17) is 0 Å². The monoisotopic (exact) mass is 262 g/mol. The number of nitrogens with zero attached hydrogens (tertiary/aromatic N) is 1. The average molecular weight is 262 g/mol. The first-order valence-electron chi connectivity index (χ1n) is 6.47. The highest BCUT2D eigenvalue weighted by Crippen LogP contribution is 2.31. The molecule has 0 amide bonds. The van der Waals surface area contributed by atoms with E-state index >= 15 is 0 Å². The van der Waals surface area contributed by atoms with E-state index < -0.39 is 0 Å². The lowest BCUT2D eigenvalue weighted by Crippen LogP contribution is -2.08. The van der Waals surface area contributed by atoms with Crippen molar-refractivity contribution >= 4 is 0 Å². The lowest BCUT2D eigenvalue weighted by atomic mass is 9.96. The van der Waals surface area contributed by atoms with Gasteiger partial charge in [0.25, 0.3) is 5.56 Å². The van der Waals surface area contributed by atoms with Gasteiger partial charge in [0.1, 0.15) is 0 Å². The van der Waals surface area contributed by atoms with Crippen LogP contribution in [0.5, 0.6) is 0 Å². The number of rotatable bonds is 2. The van der Waals surface area contributed by atoms with Crippen LogP contribution in [0.2, 0.25) is 0 Å². The van der Waals surface area contributed by atoms with Crippen molar-refractivity contribution in [2.24, 2.45) is 0 Å². The summed E-state index contributed by atoms with van der Waals surface area (Å²) in [5.74, 6) is 0. The Morgan fingerprint density at radius 1 is 0.900 bits per heavy atom. The van der Waals surface area contributed by atoms with Gasteiger partial charge in [0.05, 0.1) is 5.69 Å². The molecule has 0 aliphatic heterocycles. The van der Waals surface area contributed by atoms with Crippen molar-refractivity contribution in [3.05, 3.63) is 76.6 Å². The summed E-state index contributed by atoms with van der Waals surface area (Å²) in [7, 11) is 0. The summed E-state index contributed by atoms with van der Waals surface area (Å²) in [6.07, 6.45) is 0. The Bertz CT molecular complexity index is 791. The van der Waals surface area contributed by atoms with E-state index in [0.29, 0.717) is 0 Å². The van der Waals surface area contributed by atoms with E-state index in [0.717, 1.165) is 27.9 Å². The zero-order valence-corrected chi connectivity index (χ0v) is 11.1. The second-order valence-corrected chi connectivity index (χ2v) is 4.68. The van der Waals surface area contributed by atoms with E-state index in [2.05, 4.69) is 28.4 Å². The Morgan fingerprint density at radius 2 is 1.55 bits per heavy atom. The van der Waals surface area contributed by atoms with Gasteiger partial charge in [-0.1, -0.05) is 54.6 Å². The number of H-pyrrole nitrogens is 1. The molecule has 98 valence electrons. The molecule has 2 aromatic carbocycles. The molecule has 20 heavy (non-hydrogen) atoms. The van der Waals surface area contributed by atoms with Crippen LogP contribution in [0.4, 0.5) is 0 Å². The summed E-state index contributed by atoms with van der Waals surface area (Å²) in [6.45, 7) is 1.90. The van der Waals surface area contributed by atoms with Crippen molar-refractivity contribution in [3.8, 4) is 22.4 Å². The Morgan fingerprint density at radius 3 is 2.25 bits per heavy atom. The molecule has 1 heterocycles. The van der Waals surface area contributed by atoms with E-state index in [1.807, 2.05) is 43.3 Å². The van der Waals surface area contributed by atoms with Gasteiger partial charge < -0.3 is 0 Å². The van der Waals surface area contributed by atoms with E-state index in [1.165, 1.54) is 0 Å². The maximum atomic E-state index is 11.3. The molecule has 3 heteroatoms. The van der Waals surface area contributed by atoms with Crippen LogP contribution in [0.3, 0.4) is 0 Å². The van der Waals surface area contributed by atoms with Crippen LogP contribution >= 0.6 is 0 Å². The Hall–Kier alpha value is -2.68. The van der Waals surface area contributed by atoms with Gasteiger partial charge in [-0.25, -0.2) is 5.10 Å². The van der Waals surface area contributed by atoms with Crippen LogP contribution in [-0.4, -0.2) is 10.2 Å². The summed E-state index contributed by atoms with van der Waals surface area (Å²) in [6, 6.07) is 19.8. The van der Waals surface area contributed by atoms with Gasteiger partial charge in [0, 0.05) is 11.6 Å². The minimum Gasteiger partial charge on any atom is -0.268 e. The first-order valence-corrected chi connectivity index (χ1v) is 6.47. The summed E-state index contributed by atoms with van der Waals surface area (Å²) in [5.41, 5.74) is 4.77. The zero-order chi connectivity index (χ0) is 13.9. The topological polar surface area (TPSA) is 45.8 Å². The summed E-state index contributed by atoms with van der Waals surface area (Å²) < 4.78 is 0. The lowest BCUT2D eigenvalue weighted by Gasteiger charge is -2.10. The SMILES string of the molecule is Cc1cc(=O)[nH]nc1-c1ccccc1-c1ccccc1. The normalized spacial score (nSPS) is 10.4. The highest BCUT2D eigenvalue weighted by molar-refractivity contribution is 5.82. The molecule has 0 aliphatic rings. The van der Waals surface area contributed by atoms with E-state index in [9.17, 15) is 4.79 Å². The van der Waals surface area contributed by atoms with Crippen LogP contribution in [0, 0.1) is 6.92 Å². The van der Waals surface area contributed by atoms with Gasteiger partial charge >= 0.3 is 0 Å². The predicted octanol–water partition coefficient (Wildman–Crippen LogP) is 3.41. The van der Waals surface area contributed by atoms with Crippen LogP contribution in [0.25, 0.3) is 22.4 Å². The molecule has 1 N–H and O–H groups in total. The number of nitrogens with one attached hydrogen (secondary N) is 1. The van der Waals surface area contributed by atoms with Crippen LogP contribution in [0.1, 0.15) is 5.56 Å². The summed E-state index contributed by atoms with van der Waals surface area (Å²) in [4.78, 5) is 11.3. The van der Waals surface area contributed by atoms with Crippen LogP contribution in [-0.2, 0) is 0 Å². The van der Waals surface area contributed by atoms with Gasteiger partial charge in [-0.3, -0.25) is 4.79 Å². The highest BCUT2D eigenvalue weighted by atomic mass is 16.1. The standard InChI is InChI=1S/C17H14N2O/c1-12-11-16(20)18-19-17(12)15-10-6-5-9-14(15)13-7-3-2-4-8-13/h2-11H,1H3,(H,18,20). The van der Waals surface area contributed by atoms with Crippen LogP contribution in [0.15, 0.2) is 65.5 Å². The smallest absolute Gasteiger partial charge is 0.264 e. The highest BCUT2D eigenvalue weighted by Gasteiger charge is 2.10. The Balaban J connectivity index is 2.23.